The molecule has 0 bridgehead atoms. The van der Waals surface area contributed by atoms with Gasteiger partial charge in [0.05, 0.1) is 22.4 Å². The molecule has 0 aromatic rings. The lowest BCUT2D eigenvalue weighted by Crippen LogP contribution is -2.07. The third kappa shape index (κ3) is 6.34. The summed E-state index contributed by atoms with van der Waals surface area (Å²) in [5, 5.41) is 20.3. The van der Waals surface area contributed by atoms with Gasteiger partial charge in [0.25, 0.3) is 0 Å². The highest BCUT2D eigenvalue weighted by Gasteiger charge is 2.26. The Balaban J connectivity index is 1.45. The molecule has 2 aliphatic rings. The Kier molecular flexibility index (Phi) is 9.07. The molecule has 2 rings (SSSR count). The maximum atomic E-state index is 9.09. The number of thioether (sulfide) groups is 6. The Morgan fingerprint density at radius 2 is 1.32 bits per heavy atom. The van der Waals surface area contributed by atoms with Crippen molar-refractivity contribution in [1.82, 2.24) is 0 Å². The van der Waals surface area contributed by atoms with Gasteiger partial charge in [-0.2, -0.15) is 0 Å². The van der Waals surface area contributed by atoms with Crippen LogP contribution in [0.25, 0.3) is 0 Å². The highest BCUT2D eigenvalue weighted by atomic mass is 32.2. The topological polar surface area (TPSA) is 40.5 Å². The molecule has 0 aliphatic carbocycles. The lowest BCUT2D eigenvalue weighted by atomic mass is 10.5. The summed E-state index contributed by atoms with van der Waals surface area (Å²) in [6.07, 6.45) is 0. The minimum atomic E-state index is 0.329. The molecule has 2 nitrogen and oxygen atoms in total. The minimum Gasteiger partial charge on any atom is -0.395 e. The summed E-state index contributed by atoms with van der Waals surface area (Å²) in [5.41, 5.74) is 0. The molecule has 2 heterocycles. The summed E-state index contributed by atoms with van der Waals surface area (Å²) in [4.78, 5) is 0. The smallest absolute Gasteiger partial charge is 0.0597 e. The number of hydrogen-bond acceptors (Lipinski definition) is 8. The van der Waals surface area contributed by atoms with Crippen LogP contribution in [0.1, 0.15) is 0 Å². The van der Waals surface area contributed by atoms with E-state index >= 15 is 0 Å². The fraction of sp³-hybridized carbons (Fsp3) is 1.00. The molecule has 4 atom stereocenters. The molecule has 8 heteroatoms. The van der Waals surface area contributed by atoms with Gasteiger partial charge in [-0.3, -0.25) is 0 Å². The highest BCUT2D eigenvalue weighted by molar-refractivity contribution is 8.23. The van der Waals surface area contributed by atoms with Crippen LogP contribution in [0.5, 0.6) is 0 Å². The Morgan fingerprint density at radius 1 is 0.842 bits per heavy atom. The van der Waals surface area contributed by atoms with Crippen LogP contribution in [0.2, 0.25) is 0 Å². The van der Waals surface area contributed by atoms with Gasteiger partial charge in [0.2, 0.25) is 0 Å². The number of aliphatic hydroxyl groups excluding tert-OH is 2. The van der Waals surface area contributed by atoms with Crippen LogP contribution in [0, 0.1) is 0 Å². The largest absolute Gasteiger partial charge is 0.395 e. The lowest BCUT2D eigenvalue weighted by Gasteiger charge is -2.10. The van der Waals surface area contributed by atoms with Crippen LogP contribution in [-0.4, -0.2) is 71.2 Å². The fourth-order valence-electron chi connectivity index (χ4n) is 1.73. The van der Waals surface area contributed by atoms with Crippen molar-refractivity contribution in [3.05, 3.63) is 0 Å². The second kappa shape index (κ2) is 9.92. The molecule has 19 heavy (non-hydrogen) atoms. The number of rotatable bonds is 8. The molecule has 2 N–H and O–H groups in total. The zero-order valence-electron chi connectivity index (χ0n) is 10.6. The molecule has 0 aromatic heterocycles. The zero-order chi connectivity index (χ0) is 13.5. The van der Waals surface area contributed by atoms with Gasteiger partial charge in [0, 0.05) is 38.6 Å². The van der Waals surface area contributed by atoms with E-state index in [0.717, 1.165) is 11.5 Å². The van der Waals surface area contributed by atoms with Crippen LogP contribution < -0.4 is 0 Å². The standard InChI is InChI=1S/C11H20O2S6/c12-1-8-3-16-10(18-8)5-14-7-15-6-11-17-4-9(2-13)19-11/h8-13H,1-7H2. The van der Waals surface area contributed by atoms with Crippen LogP contribution >= 0.6 is 70.6 Å². The van der Waals surface area contributed by atoms with Crippen LogP contribution in [0.15, 0.2) is 0 Å². The van der Waals surface area contributed by atoms with Crippen molar-refractivity contribution in [3.8, 4) is 0 Å². The van der Waals surface area contributed by atoms with Gasteiger partial charge in [-0.05, 0) is 0 Å². The molecule has 4 unspecified atom stereocenters. The average molecular weight is 377 g/mol. The molecule has 2 saturated heterocycles. The first kappa shape index (κ1) is 17.4. The third-order valence-corrected chi connectivity index (χ3v) is 12.5. The summed E-state index contributed by atoms with van der Waals surface area (Å²) in [6.45, 7) is 0.658. The van der Waals surface area contributed by atoms with E-state index in [-0.39, 0.29) is 0 Å². The van der Waals surface area contributed by atoms with Crippen LogP contribution in [-0.2, 0) is 0 Å². The van der Waals surface area contributed by atoms with Crippen molar-refractivity contribution in [2.24, 2.45) is 0 Å². The zero-order valence-corrected chi connectivity index (χ0v) is 15.5. The normalized spacial score (nSPS) is 35.1. The van der Waals surface area contributed by atoms with Crippen molar-refractivity contribution in [3.63, 3.8) is 0 Å². The molecule has 0 radical (unpaired) electrons. The molecule has 0 aromatic carbocycles. The molecule has 0 spiro atoms. The summed E-state index contributed by atoms with van der Waals surface area (Å²) in [6, 6.07) is 0. The van der Waals surface area contributed by atoms with Gasteiger partial charge in [-0.1, -0.05) is 0 Å². The van der Waals surface area contributed by atoms with Gasteiger partial charge >= 0.3 is 0 Å². The van der Waals surface area contributed by atoms with E-state index in [1.165, 1.54) is 16.6 Å². The predicted molar refractivity (Wildman–Crippen MR) is 99.2 cm³/mol. The lowest BCUT2D eigenvalue weighted by molar-refractivity contribution is 0.301. The molecule has 112 valence electrons. The maximum Gasteiger partial charge on any atom is 0.0597 e. The van der Waals surface area contributed by atoms with E-state index < -0.39 is 0 Å². The van der Waals surface area contributed by atoms with E-state index in [2.05, 4.69) is 0 Å². The Morgan fingerprint density at radius 3 is 1.68 bits per heavy atom. The van der Waals surface area contributed by atoms with Crippen LogP contribution in [0.3, 0.4) is 0 Å². The van der Waals surface area contributed by atoms with Crippen molar-refractivity contribution in [2.75, 3.05) is 41.3 Å². The fourth-order valence-corrected chi connectivity index (χ4v) is 11.2. The summed E-state index contributed by atoms with van der Waals surface area (Å²) < 4.78 is 1.36. The SMILES string of the molecule is OCC1CSC(CSCSCC2SCC(CO)S2)S1. The first-order chi connectivity index (χ1) is 9.31. The summed E-state index contributed by atoms with van der Waals surface area (Å²) in [5.74, 6) is 4.61. The Labute approximate surface area is 141 Å². The Bertz CT molecular complexity index is 233. The van der Waals surface area contributed by atoms with Gasteiger partial charge < -0.3 is 10.2 Å². The van der Waals surface area contributed by atoms with Crippen molar-refractivity contribution >= 4 is 70.6 Å². The van der Waals surface area contributed by atoms with Crippen molar-refractivity contribution in [2.45, 2.75) is 19.7 Å². The summed E-state index contributed by atoms with van der Waals surface area (Å²) in [7, 11) is 0. The Hall–Kier alpha value is 2.02. The number of hydrogen-bond donors (Lipinski definition) is 2. The summed E-state index contributed by atoms with van der Waals surface area (Å²) >= 11 is 11.9. The third-order valence-electron chi connectivity index (χ3n) is 2.71. The molecule has 0 amide bonds. The van der Waals surface area contributed by atoms with E-state index in [4.69, 9.17) is 10.2 Å². The maximum absolute atomic E-state index is 9.09. The van der Waals surface area contributed by atoms with E-state index in [1.54, 1.807) is 0 Å². The van der Waals surface area contributed by atoms with Gasteiger partial charge in [0.1, 0.15) is 0 Å². The molecule has 2 fully saturated rings. The van der Waals surface area contributed by atoms with Crippen molar-refractivity contribution in [1.29, 1.82) is 0 Å². The number of aliphatic hydroxyl groups is 2. The minimum absolute atomic E-state index is 0.329. The molecule has 0 saturated carbocycles. The monoisotopic (exact) mass is 376 g/mol. The second-order valence-corrected chi connectivity index (χ2v) is 12.8. The van der Waals surface area contributed by atoms with Crippen LogP contribution in [0.4, 0.5) is 0 Å². The average Bonchev–Trinajstić information content (AvgIpc) is 3.06. The molecule has 2 aliphatic heterocycles. The highest BCUT2D eigenvalue weighted by Crippen LogP contribution is 2.41. The predicted octanol–water partition coefficient (Wildman–Crippen LogP) is 2.74. The van der Waals surface area contributed by atoms with Gasteiger partial charge in [-0.25, -0.2) is 0 Å². The van der Waals surface area contributed by atoms with E-state index in [9.17, 15) is 0 Å². The van der Waals surface area contributed by atoms with E-state index in [0.29, 0.717) is 32.9 Å². The first-order valence-electron chi connectivity index (χ1n) is 6.23. The molecular formula is C11H20O2S6. The second-order valence-electron chi connectivity index (χ2n) is 4.27. The van der Waals surface area contributed by atoms with Gasteiger partial charge in [0.15, 0.2) is 0 Å². The molecular weight excluding hydrogens is 357 g/mol. The van der Waals surface area contributed by atoms with Crippen molar-refractivity contribution < 1.29 is 10.2 Å². The van der Waals surface area contributed by atoms with Gasteiger partial charge in [-0.15, -0.1) is 70.6 Å². The quantitative estimate of drug-likeness (QED) is 0.495. The van der Waals surface area contributed by atoms with E-state index in [1.807, 2.05) is 70.6 Å². The first-order valence-corrected chi connectivity index (χ1v) is 12.5.